The number of hydrogen-bond donors (Lipinski definition) is 2. The Morgan fingerprint density at radius 3 is 2.45 bits per heavy atom. The van der Waals surface area contributed by atoms with E-state index in [1.165, 1.54) is 0 Å². The van der Waals surface area contributed by atoms with Gasteiger partial charge in [0.15, 0.2) is 0 Å². The van der Waals surface area contributed by atoms with Crippen LogP contribution in [0.3, 0.4) is 0 Å². The van der Waals surface area contributed by atoms with Gasteiger partial charge in [-0.15, -0.1) is 0 Å². The van der Waals surface area contributed by atoms with Crippen molar-refractivity contribution in [1.82, 2.24) is 0 Å². The van der Waals surface area contributed by atoms with Crippen LogP contribution in [-0.2, 0) is 22.3 Å². The summed E-state index contributed by atoms with van der Waals surface area (Å²) in [5.74, 6) is -0.119. The molecule has 2 aromatic carbocycles. The van der Waals surface area contributed by atoms with Crippen molar-refractivity contribution in [2.75, 3.05) is 4.72 Å². The van der Waals surface area contributed by atoms with Crippen molar-refractivity contribution in [3.63, 3.8) is 0 Å². The van der Waals surface area contributed by atoms with E-state index < -0.39 is 10.0 Å². The summed E-state index contributed by atoms with van der Waals surface area (Å²) in [6, 6.07) is 13.9. The average Bonchev–Trinajstić information content (AvgIpc) is 2.41. The van der Waals surface area contributed by atoms with Crippen molar-refractivity contribution in [2.24, 2.45) is 5.73 Å². The van der Waals surface area contributed by atoms with Crippen LogP contribution >= 0.6 is 11.6 Å². The van der Waals surface area contributed by atoms with Crippen molar-refractivity contribution >= 4 is 27.3 Å². The Kier molecular flexibility index (Phi) is 4.65. The molecule has 0 fully saturated rings. The van der Waals surface area contributed by atoms with E-state index in [1.54, 1.807) is 42.5 Å². The van der Waals surface area contributed by atoms with E-state index >= 15 is 0 Å². The van der Waals surface area contributed by atoms with E-state index in [1.807, 2.05) is 6.07 Å². The number of para-hydroxylation sites is 1. The molecule has 0 bridgehead atoms. The molecule has 0 unspecified atom stereocenters. The van der Waals surface area contributed by atoms with Gasteiger partial charge in [-0.2, -0.15) is 0 Å². The molecule has 0 aliphatic carbocycles. The van der Waals surface area contributed by atoms with Crippen molar-refractivity contribution in [1.29, 1.82) is 0 Å². The zero-order chi connectivity index (χ0) is 14.6. The van der Waals surface area contributed by atoms with Crippen molar-refractivity contribution in [3.05, 3.63) is 64.7 Å². The SMILES string of the molecule is NCc1cccc(CS(=O)(=O)Nc2ccccc2Cl)c1. The van der Waals surface area contributed by atoms with Gasteiger partial charge in [-0.25, -0.2) is 8.42 Å². The Morgan fingerprint density at radius 1 is 1.05 bits per heavy atom. The Labute approximate surface area is 123 Å². The van der Waals surface area contributed by atoms with Crippen LogP contribution in [0.4, 0.5) is 5.69 Å². The molecule has 0 aliphatic rings. The van der Waals surface area contributed by atoms with Crippen molar-refractivity contribution in [3.8, 4) is 0 Å². The summed E-state index contributed by atoms with van der Waals surface area (Å²) in [4.78, 5) is 0. The smallest absolute Gasteiger partial charge is 0.236 e. The second-order valence-corrected chi connectivity index (χ2v) is 6.49. The number of sulfonamides is 1. The molecule has 3 N–H and O–H groups in total. The molecule has 0 saturated carbocycles. The molecular weight excluding hydrogens is 296 g/mol. The first-order valence-electron chi connectivity index (χ1n) is 6.03. The maximum atomic E-state index is 12.1. The number of nitrogens with two attached hydrogens (primary N) is 1. The molecule has 0 aromatic heterocycles. The summed E-state index contributed by atoms with van der Waals surface area (Å²) in [5, 5.41) is 0.367. The first-order chi connectivity index (χ1) is 9.50. The minimum absolute atomic E-state index is 0.119. The lowest BCUT2D eigenvalue weighted by Crippen LogP contribution is -2.15. The zero-order valence-electron chi connectivity index (χ0n) is 10.7. The molecular formula is C14H15ClN2O2S. The second kappa shape index (κ2) is 6.26. The van der Waals surface area contributed by atoms with Crippen LogP contribution in [0.2, 0.25) is 5.02 Å². The molecule has 0 radical (unpaired) electrons. The highest BCUT2D eigenvalue weighted by atomic mass is 35.5. The van der Waals surface area contributed by atoms with Gasteiger partial charge in [-0.3, -0.25) is 4.72 Å². The molecule has 0 spiro atoms. The Hall–Kier alpha value is -1.56. The van der Waals surface area contributed by atoms with Crippen molar-refractivity contribution in [2.45, 2.75) is 12.3 Å². The molecule has 20 heavy (non-hydrogen) atoms. The molecule has 2 aromatic rings. The molecule has 0 aliphatic heterocycles. The highest BCUT2D eigenvalue weighted by molar-refractivity contribution is 7.91. The lowest BCUT2D eigenvalue weighted by atomic mass is 10.1. The Morgan fingerprint density at radius 2 is 1.75 bits per heavy atom. The number of rotatable bonds is 5. The fraction of sp³-hybridized carbons (Fsp3) is 0.143. The number of benzene rings is 2. The highest BCUT2D eigenvalue weighted by Gasteiger charge is 2.13. The lowest BCUT2D eigenvalue weighted by Gasteiger charge is -2.10. The van der Waals surface area contributed by atoms with Gasteiger partial charge in [0.25, 0.3) is 0 Å². The summed E-state index contributed by atoms with van der Waals surface area (Å²) in [5.41, 5.74) is 7.51. The van der Waals surface area contributed by atoms with Crippen molar-refractivity contribution < 1.29 is 8.42 Å². The predicted molar refractivity (Wildman–Crippen MR) is 82.0 cm³/mol. The van der Waals surface area contributed by atoms with Crippen LogP contribution in [0.5, 0.6) is 0 Å². The van der Waals surface area contributed by atoms with E-state index in [0.29, 0.717) is 22.8 Å². The third kappa shape index (κ3) is 3.96. The van der Waals surface area contributed by atoms with E-state index in [2.05, 4.69) is 4.72 Å². The van der Waals surface area contributed by atoms with E-state index in [0.717, 1.165) is 5.56 Å². The van der Waals surface area contributed by atoms with Gasteiger partial charge in [0, 0.05) is 6.54 Å². The van der Waals surface area contributed by atoms with Crippen LogP contribution < -0.4 is 10.5 Å². The van der Waals surface area contributed by atoms with Gasteiger partial charge >= 0.3 is 0 Å². The molecule has 0 heterocycles. The van der Waals surface area contributed by atoms with Gasteiger partial charge < -0.3 is 5.73 Å². The summed E-state index contributed by atoms with van der Waals surface area (Å²) < 4.78 is 26.7. The van der Waals surface area contributed by atoms with Gasteiger partial charge in [0.1, 0.15) is 0 Å². The monoisotopic (exact) mass is 310 g/mol. The quantitative estimate of drug-likeness (QED) is 0.892. The highest BCUT2D eigenvalue weighted by Crippen LogP contribution is 2.22. The summed E-state index contributed by atoms with van der Waals surface area (Å²) in [7, 11) is -3.51. The number of halogens is 1. The number of hydrogen-bond acceptors (Lipinski definition) is 3. The lowest BCUT2D eigenvalue weighted by molar-refractivity contribution is 0.600. The first kappa shape index (κ1) is 14.8. The fourth-order valence-electron chi connectivity index (χ4n) is 1.81. The molecule has 0 atom stereocenters. The van der Waals surface area contributed by atoms with Gasteiger partial charge in [-0.1, -0.05) is 48.0 Å². The molecule has 6 heteroatoms. The van der Waals surface area contributed by atoms with Gasteiger partial charge in [0.2, 0.25) is 10.0 Å². The zero-order valence-corrected chi connectivity index (χ0v) is 12.3. The van der Waals surface area contributed by atoms with E-state index in [4.69, 9.17) is 17.3 Å². The number of anilines is 1. The molecule has 0 saturated heterocycles. The molecule has 106 valence electrons. The van der Waals surface area contributed by atoms with Crippen LogP contribution in [0.1, 0.15) is 11.1 Å². The van der Waals surface area contributed by atoms with E-state index in [-0.39, 0.29) is 5.75 Å². The standard InChI is InChI=1S/C14H15ClN2O2S/c15-13-6-1-2-7-14(13)17-20(18,19)10-12-5-3-4-11(8-12)9-16/h1-8,17H,9-10,16H2. The largest absolute Gasteiger partial charge is 0.326 e. The summed E-state index contributed by atoms with van der Waals surface area (Å²) in [6.07, 6.45) is 0. The fourth-order valence-corrected chi connectivity index (χ4v) is 3.26. The van der Waals surface area contributed by atoms with Gasteiger partial charge in [0.05, 0.1) is 16.5 Å². The van der Waals surface area contributed by atoms with Crippen LogP contribution in [0.25, 0.3) is 0 Å². The van der Waals surface area contributed by atoms with Crippen LogP contribution in [0.15, 0.2) is 48.5 Å². The first-order valence-corrected chi connectivity index (χ1v) is 8.06. The van der Waals surface area contributed by atoms with Crippen LogP contribution in [0, 0.1) is 0 Å². The minimum atomic E-state index is -3.51. The second-order valence-electron chi connectivity index (χ2n) is 4.37. The van der Waals surface area contributed by atoms with E-state index in [9.17, 15) is 8.42 Å². The topological polar surface area (TPSA) is 72.2 Å². The third-order valence-electron chi connectivity index (χ3n) is 2.72. The van der Waals surface area contributed by atoms with Crippen LogP contribution in [-0.4, -0.2) is 8.42 Å². The average molecular weight is 311 g/mol. The Balaban J connectivity index is 2.17. The third-order valence-corrected chi connectivity index (χ3v) is 4.30. The normalized spacial score (nSPS) is 11.3. The number of nitrogens with one attached hydrogen (secondary N) is 1. The molecule has 2 rings (SSSR count). The summed E-state index contributed by atoms with van der Waals surface area (Å²) >= 11 is 5.94. The summed E-state index contributed by atoms with van der Waals surface area (Å²) in [6.45, 7) is 0.381. The molecule has 4 nitrogen and oxygen atoms in total. The minimum Gasteiger partial charge on any atom is -0.326 e. The van der Waals surface area contributed by atoms with Gasteiger partial charge in [-0.05, 0) is 23.3 Å². The Bertz CT molecular complexity index is 702. The maximum Gasteiger partial charge on any atom is 0.236 e. The maximum absolute atomic E-state index is 12.1. The predicted octanol–water partition coefficient (Wildman–Crippen LogP) is 2.74. The molecule has 0 amide bonds.